The monoisotopic (exact) mass is 226 g/mol. The van der Waals surface area contributed by atoms with Crippen LogP contribution in [0.3, 0.4) is 0 Å². The molecule has 8 heteroatoms. The van der Waals surface area contributed by atoms with E-state index in [0.717, 1.165) is 0 Å². The molecule has 1 unspecified atom stereocenters. The zero-order valence-electron chi connectivity index (χ0n) is 8.00. The molecule has 0 rings (SSSR count). The molecule has 0 saturated carbocycles. The molecule has 2 amide bonds. The molecule has 6 nitrogen and oxygen atoms in total. The number of carboxylic acid groups (broad SMARTS) is 1. The second-order valence-corrected chi connectivity index (χ2v) is 2.59. The lowest BCUT2D eigenvalue weighted by Gasteiger charge is -2.13. The first-order valence-electron chi connectivity index (χ1n) is 4.01. The van der Waals surface area contributed by atoms with Crippen molar-refractivity contribution < 1.29 is 28.2 Å². The number of alkyl halides is 2. The summed E-state index contributed by atoms with van der Waals surface area (Å²) in [5.74, 6) is -1.30. The maximum absolute atomic E-state index is 11.7. The topological polar surface area (TPSA) is 87.7 Å². The lowest BCUT2D eigenvalue weighted by atomic mass is 10.3. The molecule has 88 valence electrons. The van der Waals surface area contributed by atoms with Crippen LogP contribution in [0.25, 0.3) is 0 Å². The highest BCUT2D eigenvalue weighted by Crippen LogP contribution is 1.89. The Hall–Kier alpha value is -1.44. The number of hydrogen-bond acceptors (Lipinski definition) is 3. The smallest absolute Gasteiger partial charge is 0.328 e. The van der Waals surface area contributed by atoms with Crippen molar-refractivity contribution in [1.29, 1.82) is 0 Å². The van der Waals surface area contributed by atoms with Crippen LogP contribution in [0.2, 0.25) is 0 Å². The van der Waals surface area contributed by atoms with Crippen LogP contribution in [-0.4, -0.2) is 49.8 Å². The third kappa shape index (κ3) is 6.61. The molecule has 0 aliphatic heterocycles. The summed E-state index contributed by atoms with van der Waals surface area (Å²) >= 11 is 0. The third-order valence-electron chi connectivity index (χ3n) is 1.35. The highest BCUT2D eigenvalue weighted by atomic mass is 19.3. The average molecular weight is 226 g/mol. The van der Waals surface area contributed by atoms with Crippen LogP contribution in [0.4, 0.5) is 13.6 Å². The molecule has 0 spiro atoms. The number of carbonyl (C=O) groups is 2. The largest absolute Gasteiger partial charge is 0.480 e. The molecule has 0 aromatic rings. The molecular formula is C7H12F2N2O4. The number of carbonyl (C=O) groups excluding carboxylic acids is 1. The highest BCUT2D eigenvalue weighted by molar-refractivity contribution is 5.82. The van der Waals surface area contributed by atoms with Gasteiger partial charge in [-0.25, -0.2) is 18.4 Å². The van der Waals surface area contributed by atoms with Gasteiger partial charge in [0.25, 0.3) is 6.43 Å². The van der Waals surface area contributed by atoms with Crippen molar-refractivity contribution in [3.05, 3.63) is 0 Å². The first-order valence-corrected chi connectivity index (χ1v) is 4.01. The van der Waals surface area contributed by atoms with Gasteiger partial charge in [-0.3, -0.25) is 0 Å². The lowest BCUT2D eigenvalue weighted by molar-refractivity contribution is -0.140. The van der Waals surface area contributed by atoms with Crippen LogP contribution in [0.15, 0.2) is 0 Å². The first-order chi connectivity index (χ1) is 6.97. The van der Waals surface area contributed by atoms with Gasteiger partial charge in [0.1, 0.15) is 0 Å². The molecular weight excluding hydrogens is 214 g/mol. The van der Waals surface area contributed by atoms with E-state index >= 15 is 0 Å². The summed E-state index contributed by atoms with van der Waals surface area (Å²) in [5.41, 5.74) is 0. The van der Waals surface area contributed by atoms with Crippen LogP contribution in [0, 0.1) is 0 Å². The highest BCUT2D eigenvalue weighted by Gasteiger charge is 2.19. The lowest BCUT2D eigenvalue weighted by Crippen LogP contribution is -2.49. The first kappa shape index (κ1) is 13.6. The minimum atomic E-state index is -2.68. The zero-order valence-corrected chi connectivity index (χ0v) is 8.00. The van der Waals surface area contributed by atoms with E-state index in [1.54, 1.807) is 5.32 Å². The molecule has 0 bridgehead atoms. The molecule has 15 heavy (non-hydrogen) atoms. The Morgan fingerprint density at radius 1 is 1.47 bits per heavy atom. The molecule has 0 radical (unpaired) electrons. The standard InChI is InChI=1S/C7H12F2N2O4/c1-15-3-4(6(12)13)11-7(14)10-2-5(8)9/h4-5H,2-3H2,1H3,(H,12,13)(H2,10,11,14). The number of nitrogens with one attached hydrogen (secondary N) is 2. The van der Waals surface area contributed by atoms with Crippen molar-refractivity contribution in [3.63, 3.8) is 0 Å². The van der Waals surface area contributed by atoms with Gasteiger partial charge in [0, 0.05) is 7.11 Å². The van der Waals surface area contributed by atoms with Crippen molar-refractivity contribution in [2.24, 2.45) is 0 Å². The van der Waals surface area contributed by atoms with E-state index in [0.29, 0.717) is 0 Å². The van der Waals surface area contributed by atoms with Crippen molar-refractivity contribution in [2.45, 2.75) is 12.5 Å². The summed E-state index contributed by atoms with van der Waals surface area (Å²) < 4.78 is 27.8. The Morgan fingerprint density at radius 2 is 2.07 bits per heavy atom. The fourth-order valence-corrected chi connectivity index (χ4v) is 0.720. The number of ether oxygens (including phenoxy) is 1. The van der Waals surface area contributed by atoms with Gasteiger partial charge in [-0.05, 0) is 0 Å². The number of aliphatic carboxylic acids is 1. The molecule has 0 aliphatic carbocycles. The number of rotatable bonds is 6. The summed E-state index contributed by atoms with van der Waals surface area (Å²) in [4.78, 5) is 21.4. The number of carboxylic acids is 1. The number of halogens is 2. The van der Waals surface area contributed by atoms with Gasteiger partial charge in [0.05, 0.1) is 13.2 Å². The van der Waals surface area contributed by atoms with Gasteiger partial charge in [-0.1, -0.05) is 0 Å². The molecule has 1 atom stereocenters. The van der Waals surface area contributed by atoms with Gasteiger partial charge < -0.3 is 20.5 Å². The van der Waals surface area contributed by atoms with Crippen LogP contribution < -0.4 is 10.6 Å². The number of amides is 2. The van der Waals surface area contributed by atoms with E-state index in [2.05, 4.69) is 4.74 Å². The van der Waals surface area contributed by atoms with Crippen molar-refractivity contribution in [1.82, 2.24) is 10.6 Å². The second-order valence-electron chi connectivity index (χ2n) is 2.59. The van der Waals surface area contributed by atoms with Gasteiger partial charge in [0.15, 0.2) is 6.04 Å². The minimum Gasteiger partial charge on any atom is -0.480 e. The summed E-state index contributed by atoms with van der Waals surface area (Å²) in [7, 11) is 1.26. The normalized spacial score (nSPS) is 12.3. The Balaban J connectivity index is 3.94. The molecule has 0 aliphatic rings. The SMILES string of the molecule is COCC(NC(=O)NCC(F)F)C(=O)O. The maximum Gasteiger partial charge on any atom is 0.328 e. The minimum absolute atomic E-state index is 0.239. The number of hydrogen-bond donors (Lipinski definition) is 3. The summed E-state index contributed by atoms with van der Waals surface area (Å²) in [6.07, 6.45) is -2.68. The molecule has 3 N–H and O–H groups in total. The van der Waals surface area contributed by atoms with Crippen molar-refractivity contribution >= 4 is 12.0 Å². The molecule has 0 heterocycles. The molecule has 0 fully saturated rings. The quantitative estimate of drug-likeness (QED) is 0.577. The van der Waals surface area contributed by atoms with Crippen molar-refractivity contribution in [2.75, 3.05) is 20.3 Å². The maximum atomic E-state index is 11.7. The summed E-state index contributed by atoms with van der Waals surface area (Å²) in [6.45, 7) is -1.07. The average Bonchev–Trinajstić information content (AvgIpc) is 2.14. The van der Waals surface area contributed by atoms with Gasteiger partial charge in [-0.15, -0.1) is 0 Å². The number of methoxy groups -OCH3 is 1. The van der Waals surface area contributed by atoms with Gasteiger partial charge in [0.2, 0.25) is 0 Å². The predicted octanol–water partition coefficient (Wildman–Crippen LogP) is -0.350. The van der Waals surface area contributed by atoms with Gasteiger partial charge >= 0.3 is 12.0 Å². The van der Waals surface area contributed by atoms with Crippen LogP contribution in [0.1, 0.15) is 0 Å². The third-order valence-corrected chi connectivity index (χ3v) is 1.35. The molecule has 0 aromatic heterocycles. The fraction of sp³-hybridized carbons (Fsp3) is 0.714. The van der Waals surface area contributed by atoms with Crippen LogP contribution in [-0.2, 0) is 9.53 Å². The molecule has 0 aromatic carbocycles. The Labute approximate surface area is 84.6 Å². The summed E-state index contributed by atoms with van der Waals surface area (Å²) in [5, 5.41) is 12.3. The Bertz CT molecular complexity index is 225. The Kier molecular flexibility index (Phi) is 6.27. The van der Waals surface area contributed by atoms with E-state index in [-0.39, 0.29) is 6.61 Å². The van der Waals surface area contributed by atoms with Gasteiger partial charge in [-0.2, -0.15) is 0 Å². The summed E-state index contributed by atoms with van der Waals surface area (Å²) in [6, 6.07) is -2.23. The fourth-order valence-electron chi connectivity index (χ4n) is 0.720. The zero-order chi connectivity index (χ0) is 11.8. The van der Waals surface area contributed by atoms with Crippen molar-refractivity contribution in [3.8, 4) is 0 Å². The van der Waals surface area contributed by atoms with E-state index in [9.17, 15) is 18.4 Å². The second kappa shape index (κ2) is 6.93. The molecule has 0 saturated heterocycles. The number of urea groups is 1. The van der Waals surface area contributed by atoms with E-state index < -0.39 is 31.0 Å². The van der Waals surface area contributed by atoms with Crippen LogP contribution >= 0.6 is 0 Å². The van der Waals surface area contributed by atoms with E-state index in [1.807, 2.05) is 5.32 Å². The van der Waals surface area contributed by atoms with E-state index in [4.69, 9.17) is 5.11 Å². The Morgan fingerprint density at radius 3 is 2.47 bits per heavy atom. The van der Waals surface area contributed by atoms with E-state index in [1.165, 1.54) is 7.11 Å². The predicted molar refractivity (Wildman–Crippen MR) is 45.8 cm³/mol. The van der Waals surface area contributed by atoms with Crippen LogP contribution in [0.5, 0.6) is 0 Å².